The zero-order valence-corrected chi connectivity index (χ0v) is 10.7. The number of aryl methyl sites for hydroxylation is 1. The van der Waals surface area contributed by atoms with Gasteiger partial charge < -0.3 is 0 Å². The smallest absolute Gasteiger partial charge is 0.165 e. The van der Waals surface area contributed by atoms with Crippen LogP contribution in [-0.4, -0.2) is 5.78 Å². The Balaban J connectivity index is 2.09. The van der Waals surface area contributed by atoms with Crippen molar-refractivity contribution in [3.05, 3.63) is 35.4 Å². The first-order valence-electron chi connectivity index (χ1n) is 6.94. The molecule has 0 amide bonds. The van der Waals surface area contributed by atoms with E-state index in [2.05, 4.69) is 19.1 Å². The molecule has 0 aromatic heterocycles. The molecule has 1 saturated carbocycles. The molecule has 0 unspecified atom stereocenters. The number of ketones is 1. The van der Waals surface area contributed by atoms with Gasteiger partial charge in [0.15, 0.2) is 5.78 Å². The molecule has 0 N–H and O–H groups in total. The highest BCUT2D eigenvalue weighted by atomic mass is 16.1. The molecule has 0 radical (unpaired) electrons. The maximum atomic E-state index is 12.4. The molecule has 1 fully saturated rings. The molecule has 0 atom stereocenters. The van der Waals surface area contributed by atoms with Crippen LogP contribution in [0.1, 0.15) is 61.4 Å². The first kappa shape index (κ1) is 12.3. The SMILES string of the molecule is CCCc1cccc(C(=O)C2CCCCC2)c1. The van der Waals surface area contributed by atoms with Gasteiger partial charge in [0.1, 0.15) is 0 Å². The molecule has 2 rings (SSSR count). The van der Waals surface area contributed by atoms with E-state index in [4.69, 9.17) is 0 Å². The lowest BCUT2D eigenvalue weighted by atomic mass is 9.83. The van der Waals surface area contributed by atoms with Crippen molar-refractivity contribution in [1.29, 1.82) is 0 Å². The predicted molar refractivity (Wildman–Crippen MR) is 71.3 cm³/mol. The minimum Gasteiger partial charge on any atom is -0.294 e. The van der Waals surface area contributed by atoms with Gasteiger partial charge in [0.2, 0.25) is 0 Å². The Hall–Kier alpha value is -1.11. The van der Waals surface area contributed by atoms with Crippen molar-refractivity contribution < 1.29 is 4.79 Å². The van der Waals surface area contributed by atoms with Gasteiger partial charge >= 0.3 is 0 Å². The number of carbonyl (C=O) groups is 1. The second-order valence-corrected chi connectivity index (χ2v) is 5.15. The summed E-state index contributed by atoms with van der Waals surface area (Å²) in [7, 11) is 0. The number of rotatable bonds is 4. The highest BCUT2D eigenvalue weighted by Crippen LogP contribution is 2.27. The van der Waals surface area contributed by atoms with Gasteiger partial charge in [-0.15, -0.1) is 0 Å². The van der Waals surface area contributed by atoms with Crippen LogP contribution in [0.25, 0.3) is 0 Å². The van der Waals surface area contributed by atoms with Crippen LogP contribution in [0.2, 0.25) is 0 Å². The molecule has 0 spiro atoms. The van der Waals surface area contributed by atoms with E-state index in [-0.39, 0.29) is 0 Å². The molecule has 1 aliphatic carbocycles. The Morgan fingerprint density at radius 3 is 2.71 bits per heavy atom. The summed E-state index contributed by atoms with van der Waals surface area (Å²) in [4.78, 5) is 12.4. The summed E-state index contributed by atoms with van der Waals surface area (Å²) >= 11 is 0. The van der Waals surface area contributed by atoms with Gasteiger partial charge in [-0.3, -0.25) is 4.79 Å². The van der Waals surface area contributed by atoms with Gasteiger partial charge in [-0.1, -0.05) is 50.8 Å². The number of carbonyl (C=O) groups excluding carboxylic acids is 1. The first-order valence-corrected chi connectivity index (χ1v) is 6.94. The zero-order valence-electron chi connectivity index (χ0n) is 10.7. The maximum Gasteiger partial charge on any atom is 0.165 e. The summed E-state index contributed by atoms with van der Waals surface area (Å²) in [5.74, 6) is 0.670. The van der Waals surface area contributed by atoms with E-state index in [1.54, 1.807) is 0 Å². The second-order valence-electron chi connectivity index (χ2n) is 5.15. The molecule has 1 heteroatoms. The van der Waals surface area contributed by atoms with Crippen molar-refractivity contribution in [2.45, 2.75) is 51.9 Å². The predicted octanol–water partition coefficient (Wildman–Crippen LogP) is 4.40. The van der Waals surface area contributed by atoms with Crippen LogP contribution < -0.4 is 0 Å². The van der Waals surface area contributed by atoms with Gasteiger partial charge in [-0.25, -0.2) is 0 Å². The largest absolute Gasteiger partial charge is 0.294 e. The second kappa shape index (κ2) is 6.00. The molecule has 1 nitrogen and oxygen atoms in total. The average Bonchev–Trinajstić information content (AvgIpc) is 2.40. The third-order valence-electron chi connectivity index (χ3n) is 3.73. The molecule has 1 aliphatic rings. The Kier molecular flexibility index (Phi) is 4.36. The molecule has 1 aromatic rings. The summed E-state index contributed by atoms with van der Waals surface area (Å²) in [6.07, 6.45) is 8.16. The van der Waals surface area contributed by atoms with Crippen molar-refractivity contribution in [3.8, 4) is 0 Å². The normalized spacial score (nSPS) is 17.0. The van der Waals surface area contributed by atoms with E-state index in [0.717, 1.165) is 31.2 Å². The van der Waals surface area contributed by atoms with E-state index in [9.17, 15) is 4.79 Å². The maximum absolute atomic E-state index is 12.4. The van der Waals surface area contributed by atoms with Gasteiger partial charge in [-0.2, -0.15) is 0 Å². The third kappa shape index (κ3) is 3.18. The summed E-state index contributed by atoms with van der Waals surface area (Å²) in [6, 6.07) is 8.23. The molecular weight excluding hydrogens is 208 g/mol. The average molecular weight is 230 g/mol. The molecule has 0 bridgehead atoms. The molecule has 0 heterocycles. The van der Waals surface area contributed by atoms with E-state index in [0.29, 0.717) is 11.7 Å². The fourth-order valence-corrected chi connectivity index (χ4v) is 2.77. The van der Waals surface area contributed by atoms with Gasteiger partial charge in [0, 0.05) is 11.5 Å². The first-order chi connectivity index (χ1) is 8.31. The van der Waals surface area contributed by atoms with Crippen LogP contribution in [0.3, 0.4) is 0 Å². The van der Waals surface area contributed by atoms with Crippen LogP contribution in [0.5, 0.6) is 0 Å². The van der Waals surface area contributed by atoms with Crippen LogP contribution in [0, 0.1) is 5.92 Å². The minimum atomic E-state index is 0.292. The van der Waals surface area contributed by atoms with Gasteiger partial charge in [-0.05, 0) is 30.9 Å². The highest BCUT2D eigenvalue weighted by Gasteiger charge is 2.22. The van der Waals surface area contributed by atoms with Crippen molar-refractivity contribution in [1.82, 2.24) is 0 Å². The van der Waals surface area contributed by atoms with Crippen molar-refractivity contribution in [2.75, 3.05) is 0 Å². The lowest BCUT2D eigenvalue weighted by molar-refractivity contribution is 0.0889. The summed E-state index contributed by atoms with van der Waals surface area (Å²) < 4.78 is 0. The van der Waals surface area contributed by atoms with Crippen LogP contribution >= 0.6 is 0 Å². The molecule has 92 valence electrons. The summed E-state index contributed by atoms with van der Waals surface area (Å²) in [6.45, 7) is 2.18. The monoisotopic (exact) mass is 230 g/mol. The highest BCUT2D eigenvalue weighted by molar-refractivity contribution is 5.98. The fourth-order valence-electron chi connectivity index (χ4n) is 2.77. The third-order valence-corrected chi connectivity index (χ3v) is 3.73. The molecule has 0 aliphatic heterocycles. The van der Waals surface area contributed by atoms with Gasteiger partial charge in [0.05, 0.1) is 0 Å². The van der Waals surface area contributed by atoms with Crippen molar-refractivity contribution >= 4 is 5.78 Å². The van der Waals surface area contributed by atoms with Crippen LogP contribution in [0.15, 0.2) is 24.3 Å². The fraction of sp³-hybridized carbons (Fsp3) is 0.562. The van der Waals surface area contributed by atoms with Gasteiger partial charge in [0.25, 0.3) is 0 Å². The minimum absolute atomic E-state index is 0.292. The molecular formula is C16H22O. The molecule has 17 heavy (non-hydrogen) atoms. The Morgan fingerprint density at radius 1 is 1.24 bits per heavy atom. The Bertz CT molecular complexity index is 375. The van der Waals surface area contributed by atoms with E-state index >= 15 is 0 Å². The van der Waals surface area contributed by atoms with E-state index < -0.39 is 0 Å². The number of Topliss-reactive ketones (excluding diaryl/α,β-unsaturated/α-hetero) is 1. The van der Waals surface area contributed by atoms with Crippen molar-refractivity contribution in [3.63, 3.8) is 0 Å². The standard InChI is InChI=1S/C16H22O/c1-2-7-13-8-6-11-15(12-13)16(17)14-9-4-3-5-10-14/h6,8,11-12,14H,2-5,7,9-10H2,1H3. The van der Waals surface area contributed by atoms with E-state index in [1.165, 1.54) is 24.8 Å². The topological polar surface area (TPSA) is 17.1 Å². The zero-order chi connectivity index (χ0) is 12.1. The Labute approximate surface area is 104 Å². The lowest BCUT2D eigenvalue weighted by Crippen LogP contribution is -2.17. The number of benzene rings is 1. The summed E-state index contributed by atoms with van der Waals surface area (Å²) in [5.41, 5.74) is 2.23. The van der Waals surface area contributed by atoms with Crippen LogP contribution in [0.4, 0.5) is 0 Å². The lowest BCUT2D eigenvalue weighted by Gasteiger charge is -2.20. The molecule has 0 saturated heterocycles. The number of hydrogen-bond donors (Lipinski definition) is 0. The number of hydrogen-bond acceptors (Lipinski definition) is 1. The molecule has 1 aromatic carbocycles. The quantitative estimate of drug-likeness (QED) is 0.700. The Morgan fingerprint density at radius 2 is 2.00 bits per heavy atom. The van der Waals surface area contributed by atoms with E-state index in [1.807, 2.05) is 12.1 Å². The van der Waals surface area contributed by atoms with Crippen molar-refractivity contribution in [2.24, 2.45) is 5.92 Å². The van der Waals surface area contributed by atoms with Crippen LogP contribution in [-0.2, 0) is 6.42 Å². The summed E-state index contributed by atoms with van der Waals surface area (Å²) in [5, 5.41) is 0.